The summed E-state index contributed by atoms with van der Waals surface area (Å²) >= 11 is 1.56. The largest absolute Gasteiger partial charge is 0.497 e. The van der Waals surface area contributed by atoms with Crippen molar-refractivity contribution in [3.05, 3.63) is 75.8 Å². The summed E-state index contributed by atoms with van der Waals surface area (Å²) in [6.45, 7) is 4.13. The lowest BCUT2D eigenvalue weighted by atomic mass is 10.2. The van der Waals surface area contributed by atoms with E-state index >= 15 is 0 Å². The molecule has 8 heteroatoms. The van der Waals surface area contributed by atoms with Crippen molar-refractivity contribution in [2.75, 3.05) is 19.0 Å². The first-order valence-corrected chi connectivity index (χ1v) is 10.6. The molecule has 7 nitrogen and oxygen atoms in total. The third kappa shape index (κ3) is 4.67. The van der Waals surface area contributed by atoms with E-state index in [0.29, 0.717) is 29.8 Å². The molecule has 2 heterocycles. The number of nitrogens with one attached hydrogen (secondary N) is 2. The van der Waals surface area contributed by atoms with Crippen LogP contribution in [0.4, 0.5) is 10.8 Å². The van der Waals surface area contributed by atoms with Gasteiger partial charge in [-0.1, -0.05) is 19.1 Å². The third-order valence-electron chi connectivity index (χ3n) is 4.76. The molecule has 0 bridgehead atoms. The minimum atomic E-state index is -0.105. The van der Waals surface area contributed by atoms with Crippen LogP contribution in [0.1, 0.15) is 18.4 Å². The van der Waals surface area contributed by atoms with E-state index in [2.05, 4.69) is 32.1 Å². The second kappa shape index (κ2) is 9.06. The SMILES string of the molecule is CCN(Cc1csc(Nc2ccc(OC)cc2)n1)Cc1nc2ccccc2c(=O)[nH]1. The number of aromatic nitrogens is 3. The molecule has 0 radical (unpaired) electrons. The number of H-pyrrole nitrogens is 1. The Bertz CT molecular complexity index is 1190. The Morgan fingerprint density at radius 3 is 2.67 bits per heavy atom. The van der Waals surface area contributed by atoms with Crippen LogP contribution in [0.25, 0.3) is 10.9 Å². The summed E-state index contributed by atoms with van der Waals surface area (Å²) in [5.41, 5.74) is 2.54. The van der Waals surface area contributed by atoms with Crippen LogP contribution < -0.4 is 15.6 Å². The number of hydrogen-bond acceptors (Lipinski definition) is 7. The first-order chi connectivity index (χ1) is 14.6. The van der Waals surface area contributed by atoms with E-state index in [1.165, 1.54) is 0 Å². The van der Waals surface area contributed by atoms with E-state index in [4.69, 9.17) is 4.74 Å². The van der Waals surface area contributed by atoms with Crippen molar-refractivity contribution < 1.29 is 4.74 Å². The number of methoxy groups -OCH3 is 1. The standard InChI is InChI=1S/C22H23N5O2S/c1-3-27(13-20-25-19-7-5-4-6-18(19)21(28)26-20)12-16-14-30-22(24-16)23-15-8-10-17(29-2)11-9-15/h4-11,14H,3,12-13H2,1-2H3,(H,23,24)(H,25,26,28). The van der Waals surface area contributed by atoms with Gasteiger partial charge in [0.2, 0.25) is 0 Å². The number of hydrogen-bond donors (Lipinski definition) is 2. The number of thiazole rings is 1. The van der Waals surface area contributed by atoms with Gasteiger partial charge in [-0.3, -0.25) is 9.69 Å². The summed E-state index contributed by atoms with van der Waals surface area (Å²) in [6, 6.07) is 15.1. The number of aromatic amines is 1. The van der Waals surface area contributed by atoms with Gasteiger partial charge in [0, 0.05) is 17.6 Å². The monoisotopic (exact) mass is 421 g/mol. The van der Waals surface area contributed by atoms with Gasteiger partial charge in [0.05, 0.1) is 30.3 Å². The average Bonchev–Trinajstić information content (AvgIpc) is 3.20. The van der Waals surface area contributed by atoms with E-state index in [-0.39, 0.29) is 5.56 Å². The van der Waals surface area contributed by atoms with Crippen LogP contribution in [-0.2, 0) is 13.1 Å². The molecule has 0 fully saturated rings. The Morgan fingerprint density at radius 2 is 1.90 bits per heavy atom. The van der Waals surface area contributed by atoms with Crippen molar-refractivity contribution in [3.8, 4) is 5.75 Å². The van der Waals surface area contributed by atoms with Crippen molar-refractivity contribution in [2.45, 2.75) is 20.0 Å². The molecule has 0 aliphatic rings. The fraction of sp³-hybridized carbons (Fsp3) is 0.227. The zero-order valence-electron chi connectivity index (χ0n) is 16.9. The Labute approximate surface area is 178 Å². The van der Waals surface area contributed by atoms with Crippen molar-refractivity contribution >= 4 is 33.1 Å². The molecule has 154 valence electrons. The molecule has 0 unspecified atom stereocenters. The van der Waals surface area contributed by atoms with Crippen LogP contribution >= 0.6 is 11.3 Å². The van der Waals surface area contributed by atoms with Crippen LogP contribution in [0.15, 0.2) is 58.7 Å². The molecule has 0 amide bonds. The second-order valence-electron chi connectivity index (χ2n) is 6.83. The lowest BCUT2D eigenvalue weighted by molar-refractivity contribution is 0.262. The molecular weight excluding hydrogens is 398 g/mol. The summed E-state index contributed by atoms with van der Waals surface area (Å²) in [7, 11) is 1.65. The number of rotatable bonds is 8. The van der Waals surface area contributed by atoms with Crippen LogP contribution in [0, 0.1) is 0 Å². The fourth-order valence-corrected chi connectivity index (χ4v) is 3.89. The molecule has 0 spiro atoms. The van der Waals surface area contributed by atoms with Gasteiger partial charge in [-0.25, -0.2) is 9.97 Å². The van der Waals surface area contributed by atoms with Crippen LogP contribution in [-0.4, -0.2) is 33.5 Å². The summed E-state index contributed by atoms with van der Waals surface area (Å²) in [4.78, 5) is 26.7. The Morgan fingerprint density at radius 1 is 1.10 bits per heavy atom. The number of ether oxygens (including phenoxy) is 1. The van der Waals surface area contributed by atoms with E-state index in [0.717, 1.165) is 28.8 Å². The quantitative estimate of drug-likeness (QED) is 0.445. The molecule has 4 rings (SSSR count). The number of fused-ring (bicyclic) bond motifs is 1. The first kappa shape index (κ1) is 20.1. The maximum Gasteiger partial charge on any atom is 0.258 e. The molecule has 0 saturated heterocycles. The van der Waals surface area contributed by atoms with Crippen molar-refractivity contribution in [1.82, 2.24) is 19.9 Å². The minimum Gasteiger partial charge on any atom is -0.497 e. The highest BCUT2D eigenvalue weighted by molar-refractivity contribution is 7.13. The van der Waals surface area contributed by atoms with Gasteiger partial charge < -0.3 is 15.0 Å². The van der Waals surface area contributed by atoms with Gasteiger partial charge in [0.1, 0.15) is 11.6 Å². The molecule has 2 N–H and O–H groups in total. The van der Waals surface area contributed by atoms with E-state index in [1.807, 2.05) is 47.8 Å². The normalized spacial score (nSPS) is 11.2. The van der Waals surface area contributed by atoms with E-state index in [9.17, 15) is 4.79 Å². The second-order valence-corrected chi connectivity index (χ2v) is 7.69. The lowest BCUT2D eigenvalue weighted by Crippen LogP contribution is -2.25. The zero-order valence-corrected chi connectivity index (χ0v) is 17.7. The summed E-state index contributed by atoms with van der Waals surface area (Å²) in [5, 5.41) is 6.81. The van der Waals surface area contributed by atoms with Crippen LogP contribution in [0.5, 0.6) is 5.75 Å². The highest BCUT2D eigenvalue weighted by Crippen LogP contribution is 2.23. The van der Waals surface area contributed by atoms with Gasteiger partial charge in [-0.15, -0.1) is 11.3 Å². The third-order valence-corrected chi connectivity index (χ3v) is 5.57. The minimum absolute atomic E-state index is 0.105. The fourth-order valence-electron chi connectivity index (χ4n) is 3.17. The molecule has 0 atom stereocenters. The van der Waals surface area contributed by atoms with E-state index < -0.39 is 0 Å². The maximum absolute atomic E-state index is 12.3. The van der Waals surface area contributed by atoms with Crippen LogP contribution in [0.3, 0.4) is 0 Å². The van der Waals surface area contributed by atoms with Gasteiger partial charge in [0.25, 0.3) is 5.56 Å². The molecule has 2 aromatic heterocycles. The van der Waals surface area contributed by atoms with Crippen LogP contribution in [0.2, 0.25) is 0 Å². The molecule has 0 aliphatic heterocycles. The Balaban J connectivity index is 1.43. The Kier molecular flexibility index (Phi) is 6.06. The van der Waals surface area contributed by atoms with Crippen molar-refractivity contribution in [2.24, 2.45) is 0 Å². The average molecular weight is 422 g/mol. The van der Waals surface area contributed by atoms with Crippen molar-refractivity contribution in [1.29, 1.82) is 0 Å². The van der Waals surface area contributed by atoms with Gasteiger partial charge in [-0.05, 0) is 42.9 Å². The predicted molar refractivity (Wildman–Crippen MR) is 121 cm³/mol. The lowest BCUT2D eigenvalue weighted by Gasteiger charge is -2.18. The molecular formula is C22H23N5O2S. The molecule has 4 aromatic rings. The predicted octanol–water partition coefficient (Wildman–Crippen LogP) is 4.15. The number of para-hydroxylation sites is 1. The van der Waals surface area contributed by atoms with Gasteiger partial charge in [0.15, 0.2) is 5.13 Å². The zero-order chi connectivity index (χ0) is 20.9. The van der Waals surface area contributed by atoms with Gasteiger partial charge >= 0.3 is 0 Å². The molecule has 0 aliphatic carbocycles. The van der Waals surface area contributed by atoms with Gasteiger partial charge in [-0.2, -0.15) is 0 Å². The summed E-state index contributed by atoms with van der Waals surface area (Å²) < 4.78 is 5.19. The summed E-state index contributed by atoms with van der Waals surface area (Å²) in [6.07, 6.45) is 0. The highest BCUT2D eigenvalue weighted by Gasteiger charge is 2.11. The highest BCUT2D eigenvalue weighted by atomic mass is 32.1. The topological polar surface area (TPSA) is 83.1 Å². The summed E-state index contributed by atoms with van der Waals surface area (Å²) in [5.74, 6) is 1.48. The molecule has 30 heavy (non-hydrogen) atoms. The molecule has 0 saturated carbocycles. The smallest absolute Gasteiger partial charge is 0.258 e. The Hall–Kier alpha value is -3.23. The number of benzene rings is 2. The van der Waals surface area contributed by atoms with E-state index in [1.54, 1.807) is 24.5 Å². The maximum atomic E-state index is 12.3. The number of anilines is 2. The molecule has 2 aromatic carbocycles. The van der Waals surface area contributed by atoms with Crippen molar-refractivity contribution in [3.63, 3.8) is 0 Å². The number of nitrogens with zero attached hydrogens (tertiary/aromatic N) is 3. The first-order valence-electron chi connectivity index (χ1n) is 9.70.